The number of ketones is 1. The van der Waals surface area contributed by atoms with E-state index in [0.717, 1.165) is 7.11 Å². The Kier molecular flexibility index (Phi) is 3.28. The van der Waals surface area contributed by atoms with Gasteiger partial charge < -0.3 is 4.74 Å². The summed E-state index contributed by atoms with van der Waals surface area (Å²) in [6, 6.07) is 1.33. The Morgan fingerprint density at radius 2 is 1.73 bits per heavy atom. The van der Waals surface area contributed by atoms with Gasteiger partial charge in [-0.15, -0.1) is 0 Å². The fourth-order valence-electron chi connectivity index (χ4n) is 1.01. The van der Waals surface area contributed by atoms with Crippen LogP contribution in [0.15, 0.2) is 12.1 Å². The standard InChI is InChI=1S/C9H6F4O2/c1-15-4-2-5(10)7(6(11)3-4)8(14)9(12)13/h2-3,9H,1H3. The van der Waals surface area contributed by atoms with Crippen molar-refractivity contribution in [1.82, 2.24) is 0 Å². The van der Waals surface area contributed by atoms with E-state index in [2.05, 4.69) is 4.74 Å². The second-order valence-electron chi connectivity index (χ2n) is 2.63. The molecule has 6 heteroatoms. The molecule has 0 aliphatic heterocycles. The number of ether oxygens (including phenoxy) is 1. The lowest BCUT2D eigenvalue weighted by molar-refractivity contribution is 0.0669. The first-order valence-electron chi connectivity index (χ1n) is 3.82. The van der Waals surface area contributed by atoms with Crippen molar-refractivity contribution in [3.63, 3.8) is 0 Å². The molecule has 0 amide bonds. The van der Waals surface area contributed by atoms with Crippen LogP contribution >= 0.6 is 0 Å². The van der Waals surface area contributed by atoms with E-state index in [9.17, 15) is 22.4 Å². The van der Waals surface area contributed by atoms with Crippen LogP contribution in [-0.2, 0) is 0 Å². The number of hydrogen-bond donors (Lipinski definition) is 0. The summed E-state index contributed by atoms with van der Waals surface area (Å²) in [7, 11) is 1.16. The van der Waals surface area contributed by atoms with Gasteiger partial charge in [-0.2, -0.15) is 0 Å². The summed E-state index contributed by atoms with van der Waals surface area (Å²) < 4.78 is 54.4. The van der Waals surface area contributed by atoms with Crippen molar-refractivity contribution in [1.29, 1.82) is 0 Å². The third kappa shape index (κ3) is 2.26. The van der Waals surface area contributed by atoms with Crippen molar-refractivity contribution in [2.45, 2.75) is 6.43 Å². The van der Waals surface area contributed by atoms with Crippen molar-refractivity contribution < 1.29 is 27.1 Å². The largest absolute Gasteiger partial charge is 0.497 e. The van der Waals surface area contributed by atoms with Crippen LogP contribution in [0.25, 0.3) is 0 Å². The first kappa shape index (κ1) is 11.5. The van der Waals surface area contributed by atoms with Gasteiger partial charge >= 0.3 is 6.43 Å². The van der Waals surface area contributed by atoms with Crippen LogP contribution in [0.4, 0.5) is 17.6 Å². The Balaban J connectivity index is 3.25. The van der Waals surface area contributed by atoms with Crippen LogP contribution in [0.5, 0.6) is 5.75 Å². The number of hydrogen-bond acceptors (Lipinski definition) is 2. The van der Waals surface area contributed by atoms with Gasteiger partial charge in [0.25, 0.3) is 0 Å². The second kappa shape index (κ2) is 4.29. The van der Waals surface area contributed by atoms with Gasteiger partial charge in [0.05, 0.1) is 12.7 Å². The van der Waals surface area contributed by atoms with E-state index < -0.39 is 29.4 Å². The monoisotopic (exact) mass is 222 g/mol. The molecule has 82 valence electrons. The molecule has 0 aromatic heterocycles. The average molecular weight is 222 g/mol. The number of rotatable bonds is 3. The van der Waals surface area contributed by atoms with Crippen molar-refractivity contribution >= 4 is 5.78 Å². The molecule has 0 aliphatic rings. The average Bonchev–Trinajstić information content (AvgIpc) is 2.16. The molecule has 0 radical (unpaired) electrons. The van der Waals surface area contributed by atoms with Crippen molar-refractivity contribution in [2.24, 2.45) is 0 Å². The highest BCUT2D eigenvalue weighted by atomic mass is 19.3. The smallest absolute Gasteiger partial charge is 0.300 e. The molecule has 1 aromatic rings. The van der Waals surface area contributed by atoms with E-state index in [-0.39, 0.29) is 5.75 Å². The summed E-state index contributed by atoms with van der Waals surface area (Å²) in [5.41, 5.74) is -1.24. The maximum absolute atomic E-state index is 13.0. The summed E-state index contributed by atoms with van der Waals surface area (Å²) >= 11 is 0. The van der Waals surface area contributed by atoms with Gasteiger partial charge in [-0.3, -0.25) is 4.79 Å². The number of halogens is 4. The molecule has 0 saturated heterocycles. The highest BCUT2D eigenvalue weighted by molar-refractivity contribution is 5.99. The van der Waals surface area contributed by atoms with Crippen molar-refractivity contribution in [2.75, 3.05) is 7.11 Å². The molecule has 0 fully saturated rings. The molecule has 0 bridgehead atoms. The molecule has 0 saturated carbocycles. The Labute approximate surface area is 82.5 Å². The Morgan fingerprint density at radius 3 is 2.07 bits per heavy atom. The zero-order valence-corrected chi connectivity index (χ0v) is 7.56. The summed E-state index contributed by atoms with van der Waals surface area (Å²) in [6.07, 6.45) is -3.44. The highest BCUT2D eigenvalue weighted by Crippen LogP contribution is 2.22. The lowest BCUT2D eigenvalue weighted by Gasteiger charge is -2.05. The molecule has 0 N–H and O–H groups in total. The number of alkyl halides is 2. The third-order valence-electron chi connectivity index (χ3n) is 1.70. The maximum atomic E-state index is 13.0. The minimum Gasteiger partial charge on any atom is -0.497 e. The summed E-state index contributed by atoms with van der Waals surface area (Å²) in [5, 5.41) is 0. The van der Waals surface area contributed by atoms with Crippen LogP contribution in [0.1, 0.15) is 10.4 Å². The normalized spacial score (nSPS) is 10.5. The van der Waals surface area contributed by atoms with Crippen molar-refractivity contribution in [3.05, 3.63) is 29.3 Å². The van der Waals surface area contributed by atoms with E-state index in [1.807, 2.05) is 0 Å². The molecule has 0 atom stereocenters. The van der Waals surface area contributed by atoms with Crippen LogP contribution < -0.4 is 4.74 Å². The van der Waals surface area contributed by atoms with Gasteiger partial charge in [0.2, 0.25) is 5.78 Å². The van der Waals surface area contributed by atoms with Crippen LogP contribution in [0.3, 0.4) is 0 Å². The molecule has 0 heterocycles. The Bertz CT molecular complexity index is 367. The topological polar surface area (TPSA) is 26.3 Å². The predicted octanol–water partition coefficient (Wildman–Crippen LogP) is 2.42. The molecule has 15 heavy (non-hydrogen) atoms. The number of carbonyl (C=O) groups excluding carboxylic acids is 1. The molecular weight excluding hydrogens is 216 g/mol. The molecule has 0 aliphatic carbocycles. The minimum absolute atomic E-state index is 0.184. The van der Waals surface area contributed by atoms with Gasteiger partial charge in [-0.25, -0.2) is 17.6 Å². The number of benzene rings is 1. The molecule has 0 spiro atoms. The summed E-state index contributed by atoms with van der Waals surface area (Å²) in [5.74, 6) is -4.79. The number of methoxy groups -OCH3 is 1. The minimum atomic E-state index is -3.44. The van der Waals surface area contributed by atoms with E-state index in [1.54, 1.807) is 0 Å². The van der Waals surface area contributed by atoms with Crippen molar-refractivity contribution in [3.8, 4) is 5.75 Å². The first-order chi connectivity index (χ1) is 6.97. The quantitative estimate of drug-likeness (QED) is 0.579. The number of carbonyl (C=O) groups is 1. The summed E-state index contributed by atoms with van der Waals surface area (Å²) in [6.45, 7) is 0. The van der Waals surface area contributed by atoms with Crippen LogP contribution in [-0.4, -0.2) is 19.3 Å². The maximum Gasteiger partial charge on any atom is 0.300 e. The zero-order valence-electron chi connectivity index (χ0n) is 7.56. The molecule has 0 unspecified atom stereocenters. The third-order valence-corrected chi connectivity index (χ3v) is 1.70. The Morgan fingerprint density at radius 1 is 1.27 bits per heavy atom. The number of Topliss-reactive ketones (excluding diaryl/α,β-unsaturated/α-hetero) is 1. The van der Waals surface area contributed by atoms with Crippen LogP contribution in [0, 0.1) is 11.6 Å². The first-order valence-corrected chi connectivity index (χ1v) is 3.82. The zero-order chi connectivity index (χ0) is 11.6. The van der Waals surface area contributed by atoms with Gasteiger partial charge in [0.1, 0.15) is 17.4 Å². The molecular formula is C9H6F4O2. The van der Waals surface area contributed by atoms with E-state index in [1.165, 1.54) is 0 Å². The molecule has 1 rings (SSSR count). The fourth-order valence-corrected chi connectivity index (χ4v) is 1.01. The molecule has 1 aromatic carbocycles. The summed E-state index contributed by atoms with van der Waals surface area (Å²) in [4.78, 5) is 10.7. The predicted molar refractivity (Wildman–Crippen MR) is 43.2 cm³/mol. The SMILES string of the molecule is COc1cc(F)c(C(=O)C(F)F)c(F)c1. The van der Waals surface area contributed by atoms with Gasteiger partial charge in [0, 0.05) is 12.1 Å². The van der Waals surface area contributed by atoms with Gasteiger partial charge in [-0.05, 0) is 0 Å². The van der Waals surface area contributed by atoms with Gasteiger partial charge in [0.15, 0.2) is 0 Å². The van der Waals surface area contributed by atoms with E-state index >= 15 is 0 Å². The fraction of sp³-hybridized carbons (Fsp3) is 0.222. The lowest BCUT2D eigenvalue weighted by atomic mass is 10.1. The van der Waals surface area contributed by atoms with E-state index in [4.69, 9.17) is 0 Å². The van der Waals surface area contributed by atoms with E-state index in [0.29, 0.717) is 12.1 Å². The van der Waals surface area contributed by atoms with Gasteiger partial charge in [-0.1, -0.05) is 0 Å². The van der Waals surface area contributed by atoms with Crippen LogP contribution in [0.2, 0.25) is 0 Å². The highest BCUT2D eigenvalue weighted by Gasteiger charge is 2.26. The Hall–Kier alpha value is -1.59. The lowest BCUT2D eigenvalue weighted by Crippen LogP contribution is -2.14. The second-order valence-corrected chi connectivity index (χ2v) is 2.63. The molecule has 2 nitrogen and oxygen atoms in total.